The van der Waals surface area contributed by atoms with Gasteiger partial charge in [0.25, 0.3) is 0 Å². The van der Waals surface area contributed by atoms with Crippen molar-refractivity contribution >= 4 is 17.0 Å². The molecule has 0 bridgehead atoms. The number of nitrogens with one attached hydrogen (secondary N) is 2. The van der Waals surface area contributed by atoms with Crippen LogP contribution in [0.4, 0.5) is 0 Å². The molecule has 0 aliphatic carbocycles. The molecule has 1 atom stereocenters. The van der Waals surface area contributed by atoms with E-state index >= 15 is 0 Å². The molecule has 0 saturated carbocycles. The minimum Gasteiger partial charge on any atom is -0.408 e. The van der Waals surface area contributed by atoms with Crippen LogP contribution in [0.2, 0.25) is 0 Å². The minimum atomic E-state index is -0.485. The maximum Gasteiger partial charge on any atom is 0.417 e. The number of carbonyl (C=O) groups excluding carboxylic acids is 1. The van der Waals surface area contributed by atoms with Gasteiger partial charge in [-0.3, -0.25) is 9.78 Å². The lowest BCUT2D eigenvalue weighted by molar-refractivity contribution is -0.121. The monoisotopic (exact) mass is 365 g/mol. The number of fused-ring (bicyclic) bond motifs is 1. The Labute approximate surface area is 157 Å². The van der Waals surface area contributed by atoms with E-state index in [1.807, 2.05) is 24.3 Å². The third-order valence-electron chi connectivity index (χ3n) is 5.02. The number of oxazole rings is 1. The van der Waals surface area contributed by atoms with Crippen LogP contribution in [0.15, 0.2) is 57.7 Å². The molecule has 0 radical (unpaired) electrons. The summed E-state index contributed by atoms with van der Waals surface area (Å²) in [5.74, 6) is -0.519. The highest BCUT2D eigenvalue weighted by atomic mass is 16.4. The van der Waals surface area contributed by atoms with Gasteiger partial charge in [-0.1, -0.05) is 36.4 Å². The van der Waals surface area contributed by atoms with Crippen LogP contribution >= 0.6 is 0 Å². The fourth-order valence-electron chi connectivity index (χ4n) is 3.68. The average molecular weight is 365 g/mol. The summed E-state index contributed by atoms with van der Waals surface area (Å²) >= 11 is 0. The fraction of sp³-hybridized carbons (Fsp3) is 0.333. The van der Waals surface area contributed by atoms with Gasteiger partial charge in [0.15, 0.2) is 5.58 Å². The quantitative estimate of drug-likeness (QED) is 0.704. The first-order valence-electron chi connectivity index (χ1n) is 9.36. The molecule has 0 spiro atoms. The van der Waals surface area contributed by atoms with Crippen LogP contribution in [0, 0.1) is 0 Å². The van der Waals surface area contributed by atoms with E-state index in [4.69, 9.17) is 4.42 Å². The van der Waals surface area contributed by atoms with E-state index in [2.05, 4.69) is 27.3 Å². The number of hydrogen-bond donors (Lipinski definition) is 2. The largest absolute Gasteiger partial charge is 0.417 e. The highest BCUT2D eigenvalue weighted by Crippen LogP contribution is 2.18. The lowest BCUT2D eigenvalue weighted by Gasteiger charge is -2.25. The minimum absolute atomic E-state index is 0.0331. The van der Waals surface area contributed by atoms with Gasteiger partial charge in [0.2, 0.25) is 5.91 Å². The molecule has 1 unspecified atom stereocenters. The van der Waals surface area contributed by atoms with Crippen molar-refractivity contribution in [1.29, 1.82) is 0 Å². The van der Waals surface area contributed by atoms with E-state index in [9.17, 15) is 9.59 Å². The highest BCUT2D eigenvalue weighted by molar-refractivity contribution is 5.81. The topological polar surface area (TPSA) is 78.3 Å². The van der Waals surface area contributed by atoms with E-state index in [1.165, 1.54) is 12.8 Å². The van der Waals surface area contributed by atoms with Gasteiger partial charge in [0.05, 0.1) is 18.0 Å². The third-order valence-corrected chi connectivity index (χ3v) is 5.02. The number of amides is 1. The van der Waals surface area contributed by atoms with Crippen LogP contribution in [0.1, 0.15) is 30.0 Å². The van der Waals surface area contributed by atoms with Crippen LogP contribution in [0.3, 0.4) is 0 Å². The summed E-state index contributed by atoms with van der Waals surface area (Å²) in [6.45, 7) is 3.00. The van der Waals surface area contributed by atoms with Gasteiger partial charge in [0, 0.05) is 6.54 Å². The fourth-order valence-corrected chi connectivity index (χ4v) is 3.68. The Hall–Kier alpha value is -2.86. The molecule has 1 aliphatic rings. The zero-order valence-corrected chi connectivity index (χ0v) is 15.1. The smallest absolute Gasteiger partial charge is 0.408 e. The van der Waals surface area contributed by atoms with E-state index in [1.54, 1.807) is 12.1 Å². The van der Waals surface area contributed by atoms with Gasteiger partial charge < -0.3 is 14.6 Å². The molecular formula is C21H23N3O3. The third kappa shape index (κ3) is 4.28. The second-order valence-electron chi connectivity index (χ2n) is 7.06. The number of hydrogen-bond acceptors (Lipinski definition) is 4. The normalized spacial score (nSPS) is 15.9. The molecule has 4 rings (SSSR count). The SMILES string of the molecule is O=C(Cc1ccc2oc(=O)[nH]c2c1)NC(CN1CCCC1)c1ccccc1. The first kappa shape index (κ1) is 17.5. The molecule has 6 heteroatoms. The van der Waals surface area contributed by atoms with Crippen LogP contribution in [0.5, 0.6) is 0 Å². The molecule has 2 N–H and O–H groups in total. The van der Waals surface area contributed by atoms with Crippen molar-refractivity contribution in [2.75, 3.05) is 19.6 Å². The molecule has 1 aromatic heterocycles. The Balaban J connectivity index is 1.47. The van der Waals surface area contributed by atoms with Crippen molar-refractivity contribution in [2.24, 2.45) is 0 Å². The number of rotatable bonds is 6. The summed E-state index contributed by atoms with van der Waals surface area (Å²) in [5, 5.41) is 3.19. The first-order valence-corrected chi connectivity index (χ1v) is 9.36. The summed E-state index contributed by atoms with van der Waals surface area (Å²) in [7, 11) is 0. The second-order valence-corrected chi connectivity index (χ2v) is 7.06. The van der Waals surface area contributed by atoms with Crippen molar-refractivity contribution < 1.29 is 9.21 Å². The molecule has 1 saturated heterocycles. The maximum atomic E-state index is 12.7. The van der Waals surface area contributed by atoms with E-state index in [-0.39, 0.29) is 18.4 Å². The Kier molecular flexibility index (Phi) is 5.07. The highest BCUT2D eigenvalue weighted by Gasteiger charge is 2.20. The maximum absolute atomic E-state index is 12.7. The molecule has 6 nitrogen and oxygen atoms in total. The number of likely N-dealkylation sites (tertiary alicyclic amines) is 1. The molecule has 1 aliphatic heterocycles. The number of aromatic nitrogens is 1. The van der Waals surface area contributed by atoms with Gasteiger partial charge in [-0.25, -0.2) is 4.79 Å². The number of benzene rings is 2. The average Bonchev–Trinajstić information content (AvgIpc) is 3.30. The van der Waals surface area contributed by atoms with Crippen molar-refractivity contribution in [3.63, 3.8) is 0 Å². The molecule has 3 aromatic rings. The number of nitrogens with zero attached hydrogens (tertiary/aromatic N) is 1. The molecule has 27 heavy (non-hydrogen) atoms. The lowest BCUT2D eigenvalue weighted by atomic mass is 10.1. The van der Waals surface area contributed by atoms with Gasteiger partial charge in [-0.15, -0.1) is 0 Å². The molecule has 2 aromatic carbocycles. The zero-order valence-electron chi connectivity index (χ0n) is 15.1. The standard InChI is InChI=1S/C21H23N3O3/c25-20(13-15-8-9-19-17(12-15)23-21(26)27-19)22-18(14-24-10-4-5-11-24)16-6-2-1-3-7-16/h1-3,6-9,12,18H,4-5,10-11,13-14H2,(H,22,25)(H,23,26). The van der Waals surface area contributed by atoms with Crippen molar-refractivity contribution in [1.82, 2.24) is 15.2 Å². The second kappa shape index (κ2) is 7.80. The molecule has 1 amide bonds. The summed E-state index contributed by atoms with van der Waals surface area (Å²) in [6.07, 6.45) is 2.70. The number of carbonyl (C=O) groups is 1. The lowest BCUT2D eigenvalue weighted by Crippen LogP contribution is -2.37. The predicted molar refractivity (Wildman–Crippen MR) is 104 cm³/mol. The predicted octanol–water partition coefficient (Wildman–Crippen LogP) is 2.62. The summed E-state index contributed by atoms with van der Waals surface area (Å²) in [6, 6.07) is 15.4. The molecule has 2 heterocycles. The summed E-state index contributed by atoms with van der Waals surface area (Å²) in [5.41, 5.74) is 3.07. The molecule has 1 fully saturated rings. The van der Waals surface area contributed by atoms with Crippen LogP contribution in [0.25, 0.3) is 11.1 Å². The van der Waals surface area contributed by atoms with E-state index in [0.29, 0.717) is 11.1 Å². The molecular weight excluding hydrogens is 342 g/mol. The van der Waals surface area contributed by atoms with Crippen LogP contribution < -0.4 is 11.1 Å². The van der Waals surface area contributed by atoms with Gasteiger partial charge in [0.1, 0.15) is 0 Å². The van der Waals surface area contributed by atoms with Gasteiger partial charge in [-0.2, -0.15) is 0 Å². The van der Waals surface area contributed by atoms with Gasteiger partial charge in [-0.05, 0) is 49.2 Å². The first-order chi connectivity index (χ1) is 13.2. The van der Waals surface area contributed by atoms with Crippen molar-refractivity contribution in [3.8, 4) is 0 Å². The van der Waals surface area contributed by atoms with E-state index < -0.39 is 5.76 Å². The van der Waals surface area contributed by atoms with Crippen molar-refractivity contribution in [2.45, 2.75) is 25.3 Å². The summed E-state index contributed by atoms with van der Waals surface area (Å²) in [4.78, 5) is 29.0. The van der Waals surface area contributed by atoms with Gasteiger partial charge >= 0.3 is 5.76 Å². The Bertz CT molecular complexity index is 971. The number of aromatic amines is 1. The zero-order chi connectivity index (χ0) is 18.6. The molecule has 140 valence electrons. The summed E-state index contributed by atoms with van der Waals surface area (Å²) < 4.78 is 5.01. The Morgan fingerprint density at radius 3 is 2.70 bits per heavy atom. The van der Waals surface area contributed by atoms with E-state index in [0.717, 1.165) is 30.8 Å². The Morgan fingerprint density at radius 2 is 1.93 bits per heavy atom. The Morgan fingerprint density at radius 1 is 1.15 bits per heavy atom. The van der Waals surface area contributed by atoms with Crippen LogP contribution in [-0.2, 0) is 11.2 Å². The van der Waals surface area contributed by atoms with Crippen molar-refractivity contribution in [3.05, 3.63) is 70.2 Å². The van der Waals surface area contributed by atoms with Crippen LogP contribution in [-0.4, -0.2) is 35.4 Å². The number of H-pyrrole nitrogens is 1.